The van der Waals surface area contributed by atoms with Crippen LogP contribution in [0.25, 0.3) is 0 Å². The fourth-order valence-corrected chi connectivity index (χ4v) is 3.57. The lowest BCUT2D eigenvalue weighted by atomic mass is 10.1. The predicted octanol–water partition coefficient (Wildman–Crippen LogP) is 2.89. The number of amides is 1. The van der Waals surface area contributed by atoms with Gasteiger partial charge in [-0.05, 0) is 19.4 Å². The van der Waals surface area contributed by atoms with Crippen molar-refractivity contribution in [2.45, 2.75) is 13.8 Å². The third-order valence-corrected chi connectivity index (χ3v) is 5.18. The van der Waals surface area contributed by atoms with Gasteiger partial charge in [-0.15, -0.1) is 29.7 Å². The van der Waals surface area contributed by atoms with E-state index in [0.717, 1.165) is 11.3 Å². The number of nitrogens with one attached hydrogen (secondary N) is 1. The Labute approximate surface area is 161 Å². The van der Waals surface area contributed by atoms with Crippen molar-refractivity contribution in [3.8, 4) is 0 Å². The number of thiophene rings is 1. The molecule has 0 aliphatic rings. The molecule has 144 valence electrons. The molecule has 1 heterocycles. The van der Waals surface area contributed by atoms with Gasteiger partial charge in [-0.1, -0.05) is 6.08 Å². The van der Waals surface area contributed by atoms with Crippen molar-refractivity contribution in [2.75, 3.05) is 43.8 Å². The van der Waals surface area contributed by atoms with Crippen LogP contribution in [0.15, 0.2) is 12.7 Å². The molecule has 1 rings (SSSR count). The molecular formula is C17H23NO6S2. The van der Waals surface area contributed by atoms with Crippen LogP contribution >= 0.6 is 23.1 Å². The van der Waals surface area contributed by atoms with Crippen molar-refractivity contribution < 1.29 is 28.6 Å². The van der Waals surface area contributed by atoms with E-state index in [0.29, 0.717) is 11.3 Å². The first-order chi connectivity index (χ1) is 12.5. The normalized spacial score (nSPS) is 10.3. The lowest BCUT2D eigenvalue weighted by Gasteiger charge is -2.06. The summed E-state index contributed by atoms with van der Waals surface area (Å²) in [5.74, 6) is -0.594. The smallest absolute Gasteiger partial charge is 0.348 e. The van der Waals surface area contributed by atoms with Gasteiger partial charge in [0.1, 0.15) is 16.5 Å². The first-order valence-electron chi connectivity index (χ1n) is 7.91. The number of hydrogen-bond acceptors (Lipinski definition) is 8. The van der Waals surface area contributed by atoms with Crippen molar-refractivity contribution in [3.05, 3.63) is 28.7 Å². The topological polar surface area (TPSA) is 90.9 Å². The summed E-state index contributed by atoms with van der Waals surface area (Å²) in [7, 11) is 1.50. The third-order valence-electron chi connectivity index (χ3n) is 3.05. The SMILES string of the molecule is C=CCSCC(=O)Nc1sc(C(=O)OCCOC)c(C)c1C(=O)OCC. The summed E-state index contributed by atoms with van der Waals surface area (Å²) < 4.78 is 15.0. The Morgan fingerprint density at radius 1 is 1.23 bits per heavy atom. The van der Waals surface area contributed by atoms with Crippen molar-refractivity contribution in [3.63, 3.8) is 0 Å². The molecule has 26 heavy (non-hydrogen) atoms. The number of rotatable bonds is 11. The summed E-state index contributed by atoms with van der Waals surface area (Å²) in [5.41, 5.74) is 0.600. The molecule has 7 nitrogen and oxygen atoms in total. The molecule has 0 fully saturated rings. The second-order valence-electron chi connectivity index (χ2n) is 4.96. The van der Waals surface area contributed by atoms with E-state index >= 15 is 0 Å². The van der Waals surface area contributed by atoms with Crippen LogP contribution in [0.3, 0.4) is 0 Å². The average Bonchev–Trinajstić information content (AvgIpc) is 2.91. The highest BCUT2D eigenvalue weighted by Crippen LogP contribution is 2.34. The van der Waals surface area contributed by atoms with Crippen molar-refractivity contribution >= 4 is 45.9 Å². The van der Waals surface area contributed by atoms with E-state index in [4.69, 9.17) is 14.2 Å². The molecule has 0 aliphatic heterocycles. The number of anilines is 1. The van der Waals surface area contributed by atoms with Crippen molar-refractivity contribution in [1.29, 1.82) is 0 Å². The first kappa shape index (κ1) is 22.2. The van der Waals surface area contributed by atoms with Gasteiger partial charge in [0.05, 0.1) is 24.5 Å². The van der Waals surface area contributed by atoms with Crippen LogP contribution in [0, 0.1) is 6.92 Å². The number of ether oxygens (including phenoxy) is 3. The van der Waals surface area contributed by atoms with Crippen LogP contribution in [0.1, 0.15) is 32.5 Å². The summed E-state index contributed by atoms with van der Waals surface area (Å²) >= 11 is 2.39. The van der Waals surface area contributed by atoms with Crippen LogP contribution in [0.4, 0.5) is 5.00 Å². The minimum absolute atomic E-state index is 0.0985. The summed E-state index contributed by atoms with van der Waals surface area (Å²) in [6, 6.07) is 0. The highest BCUT2D eigenvalue weighted by molar-refractivity contribution is 8.00. The van der Waals surface area contributed by atoms with Gasteiger partial charge in [0.15, 0.2) is 0 Å². The van der Waals surface area contributed by atoms with Gasteiger partial charge in [0.2, 0.25) is 5.91 Å². The van der Waals surface area contributed by atoms with E-state index < -0.39 is 11.9 Å². The molecule has 0 atom stereocenters. The standard InChI is InChI=1S/C17H23NO6S2/c1-5-9-25-10-12(19)18-15-13(16(20)23-6-2)11(3)14(26-15)17(21)24-8-7-22-4/h5H,1,6-10H2,2-4H3,(H,18,19). The Morgan fingerprint density at radius 3 is 2.58 bits per heavy atom. The molecule has 0 radical (unpaired) electrons. The van der Waals surface area contributed by atoms with Gasteiger partial charge in [-0.2, -0.15) is 0 Å². The molecule has 1 aromatic rings. The van der Waals surface area contributed by atoms with Crippen LogP contribution < -0.4 is 5.32 Å². The van der Waals surface area contributed by atoms with Crippen molar-refractivity contribution in [2.24, 2.45) is 0 Å². The third kappa shape index (κ3) is 6.47. The number of carbonyl (C=O) groups is 3. The van der Waals surface area contributed by atoms with Crippen LogP contribution in [-0.2, 0) is 19.0 Å². The second kappa shape index (κ2) is 11.7. The van der Waals surface area contributed by atoms with Crippen molar-refractivity contribution in [1.82, 2.24) is 0 Å². The fourth-order valence-electron chi connectivity index (χ4n) is 1.93. The lowest BCUT2D eigenvalue weighted by Crippen LogP contribution is -2.16. The number of hydrogen-bond donors (Lipinski definition) is 1. The van der Waals surface area contributed by atoms with Gasteiger partial charge >= 0.3 is 11.9 Å². The molecule has 1 amide bonds. The molecule has 0 spiro atoms. The molecule has 9 heteroatoms. The monoisotopic (exact) mass is 401 g/mol. The molecule has 1 aromatic heterocycles. The largest absolute Gasteiger partial charge is 0.462 e. The zero-order chi connectivity index (χ0) is 19.5. The van der Waals surface area contributed by atoms with Crippen LogP contribution in [0.2, 0.25) is 0 Å². The highest BCUT2D eigenvalue weighted by Gasteiger charge is 2.27. The molecule has 0 aliphatic carbocycles. The number of carbonyl (C=O) groups excluding carboxylic acids is 3. The van der Waals surface area contributed by atoms with E-state index in [9.17, 15) is 14.4 Å². The summed E-state index contributed by atoms with van der Waals surface area (Å²) in [5, 5.41) is 2.96. The maximum atomic E-state index is 12.3. The van der Waals surface area contributed by atoms with Gasteiger partial charge in [0.25, 0.3) is 0 Å². The first-order valence-corrected chi connectivity index (χ1v) is 9.88. The van der Waals surface area contributed by atoms with Crippen LogP contribution in [0.5, 0.6) is 0 Å². The Balaban J connectivity index is 3.03. The molecule has 0 unspecified atom stereocenters. The van der Waals surface area contributed by atoms with E-state index in [1.807, 2.05) is 0 Å². The zero-order valence-electron chi connectivity index (χ0n) is 15.1. The average molecular weight is 402 g/mol. The molecule has 0 saturated heterocycles. The van der Waals surface area contributed by atoms with E-state index in [2.05, 4.69) is 11.9 Å². The fraction of sp³-hybridized carbons (Fsp3) is 0.471. The maximum absolute atomic E-state index is 12.3. The van der Waals surface area contributed by atoms with E-state index in [1.165, 1.54) is 18.9 Å². The number of thioether (sulfide) groups is 1. The van der Waals surface area contributed by atoms with Gasteiger partial charge in [0, 0.05) is 12.9 Å². The highest BCUT2D eigenvalue weighted by atomic mass is 32.2. The van der Waals surface area contributed by atoms with Gasteiger partial charge in [-0.3, -0.25) is 4.79 Å². The quantitative estimate of drug-likeness (QED) is 0.346. The Morgan fingerprint density at radius 2 is 1.96 bits per heavy atom. The molecule has 0 aromatic carbocycles. The van der Waals surface area contributed by atoms with Gasteiger partial charge < -0.3 is 19.5 Å². The van der Waals surface area contributed by atoms with E-state index in [1.54, 1.807) is 19.9 Å². The number of methoxy groups -OCH3 is 1. The maximum Gasteiger partial charge on any atom is 0.348 e. The predicted molar refractivity (Wildman–Crippen MR) is 103 cm³/mol. The summed E-state index contributed by atoms with van der Waals surface area (Å²) in [6.07, 6.45) is 1.70. The summed E-state index contributed by atoms with van der Waals surface area (Å²) in [4.78, 5) is 36.8. The Hall–Kier alpha value is -1.84. The lowest BCUT2D eigenvalue weighted by molar-refractivity contribution is -0.113. The second-order valence-corrected chi connectivity index (χ2v) is 7.01. The van der Waals surface area contributed by atoms with E-state index in [-0.39, 0.29) is 46.9 Å². The summed E-state index contributed by atoms with van der Waals surface area (Å²) in [6.45, 7) is 7.45. The molecular weight excluding hydrogens is 378 g/mol. The molecule has 1 N–H and O–H groups in total. The Kier molecular flexibility index (Phi) is 10.0. The minimum atomic E-state index is -0.591. The minimum Gasteiger partial charge on any atom is -0.462 e. The van der Waals surface area contributed by atoms with Crippen LogP contribution in [-0.4, -0.2) is 56.3 Å². The number of esters is 2. The van der Waals surface area contributed by atoms with Gasteiger partial charge in [-0.25, -0.2) is 9.59 Å². The molecule has 0 saturated carbocycles. The molecule has 0 bridgehead atoms. The zero-order valence-corrected chi connectivity index (χ0v) is 16.7. The Bertz CT molecular complexity index is 656.